The van der Waals surface area contributed by atoms with Crippen LogP contribution in [0, 0.1) is 12.7 Å². The smallest absolute Gasteiger partial charge is 0.244 e. The maximum atomic E-state index is 13.3. The molecule has 114 valence electrons. The number of aryl methyl sites for hydroxylation is 1. The molecule has 21 heavy (non-hydrogen) atoms. The van der Waals surface area contributed by atoms with Crippen molar-refractivity contribution < 1.29 is 17.2 Å². The number of benzene rings is 1. The molecule has 1 aromatic carbocycles. The van der Waals surface area contributed by atoms with E-state index in [1.807, 2.05) is 0 Å². The third-order valence-corrected chi connectivity index (χ3v) is 5.18. The lowest BCUT2D eigenvalue weighted by atomic mass is 10.3. The van der Waals surface area contributed by atoms with Gasteiger partial charge >= 0.3 is 0 Å². The molecular weight excluding hydrogens is 319 g/mol. The first-order valence-electron chi connectivity index (χ1n) is 5.98. The molecule has 2 aromatic rings. The molecular formula is C13H14ClFN2O3S. The molecule has 0 spiro atoms. The normalized spacial score (nSPS) is 12.0. The Morgan fingerprint density at radius 1 is 1.38 bits per heavy atom. The van der Waals surface area contributed by atoms with Crippen LogP contribution in [0.2, 0.25) is 5.02 Å². The van der Waals surface area contributed by atoms with Gasteiger partial charge in [-0.1, -0.05) is 11.6 Å². The van der Waals surface area contributed by atoms with E-state index in [-0.39, 0.29) is 22.2 Å². The van der Waals surface area contributed by atoms with Crippen LogP contribution in [0.5, 0.6) is 0 Å². The van der Waals surface area contributed by atoms with Gasteiger partial charge in [0.25, 0.3) is 0 Å². The Labute approximate surface area is 127 Å². The molecule has 5 nitrogen and oxygen atoms in total. The fraction of sp³-hybridized carbons (Fsp3) is 0.231. The van der Waals surface area contributed by atoms with Gasteiger partial charge in [-0.3, -0.25) is 0 Å². The summed E-state index contributed by atoms with van der Waals surface area (Å²) in [5, 5.41) is -0.218. The Hall–Kier alpha value is -1.57. The van der Waals surface area contributed by atoms with Gasteiger partial charge in [0.1, 0.15) is 22.2 Å². The van der Waals surface area contributed by atoms with Crippen LogP contribution < -0.4 is 5.73 Å². The Morgan fingerprint density at radius 2 is 2.05 bits per heavy atom. The molecule has 0 fully saturated rings. The average molecular weight is 333 g/mol. The van der Waals surface area contributed by atoms with E-state index in [0.717, 1.165) is 16.4 Å². The van der Waals surface area contributed by atoms with Crippen molar-refractivity contribution in [1.29, 1.82) is 0 Å². The van der Waals surface area contributed by atoms with E-state index in [9.17, 15) is 12.8 Å². The first-order chi connectivity index (χ1) is 9.71. The molecule has 0 aliphatic carbocycles. The van der Waals surface area contributed by atoms with Crippen LogP contribution in [-0.2, 0) is 16.6 Å². The predicted molar refractivity (Wildman–Crippen MR) is 77.9 cm³/mol. The van der Waals surface area contributed by atoms with E-state index in [1.54, 1.807) is 19.1 Å². The van der Waals surface area contributed by atoms with Crippen LogP contribution in [0.25, 0.3) is 0 Å². The SMILES string of the molecule is Cc1ccc(CN(C)S(=O)(=O)c2cc(N)c(F)cc2Cl)o1. The molecule has 8 heteroatoms. The van der Waals surface area contributed by atoms with Gasteiger partial charge in [0.2, 0.25) is 10.0 Å². The monoisotopic (exact) mass is 332 g/mol. The number of hydrogen-bond donors (Lipinski definition) is 1. The predicted octanol–water partition coefficient (Wildman–Crippen LogP) is 2.78. The Balaban J connectivity index is 2.35. The summed E-state index contributed by atoms with van der Waals surface area (Å²) in [6.07, 6.45) is 0. The second-order valence-corrected chi connectivity index (χ2v) is 7.00. The Morgan fingerprint density at radius 3 is 2.62 bits per heavy atom. The van der Waals surface area contributed by atoms with Crippen LogP contribution in [0.15, 0.2) is 33.6 Å². The number of nitrogens with zero attached hydrogens (tertiary/aromatic N) is 1. The second kappa shape index (κ2) is 5.67. The zero-order chi connectivity index (χ0) is 15.8. The largest absolute Gasteiger partial charge is 0.465 e. The third kappa shape index (κ3) is 3.20. The molecule has 1 aromatic heterocycles. The van der Waals surface area contributed by atoms with Gasteiger partial charge in [-0.05, 0) is 31.2 Å². The van der Waals surface area contributed by atoms with Crippen LogP contribution in [0.3, 0.4) is 0 Å². The average Bonchev–Trinajstić information content (AvgIpc) is 2.79. The van der Waals surface area contributed by atoms with E-state index >= 15 is 0 Å². The summed E-state index contributed by atoms with van der Waals surface area (Å²) in [6, 6.07) is 5.31. The molecule has 1 heterocycles. The lowest BCUT2D eigenvalue weighted by molar-refractivity contribution is 0.397. The van der Waals surface area contributed by atoms with Gasteiger partial charge in [0.15, 0.2) is 0 Å². The second-order valence-electron chi connectivity index (χ2n) is 4.58. The van der Waals surface area contributed by atoms with Crippen molar-refractivity contribution in [2.75, 3.05) is 12.8 Å². The van der Waals surface area contributed by atoms with Gasteiger partial charge in [0, 0.05) is 7.05 Å². The minimum atomic E-state index is -3.90. The summed E-state index contributed by atoms with van der Waals surface area (Å²) in [4.78, 5) is -0.242. The number of furan rings is 1. The molecule has 0 saturated carbocycles. The highest BCUT2D eigenvalue weighted by molar-refractivity contribution is 7.89. The molecule has 0 bridgehead atoms. The summed E-state index contributed by atoms with van der Waals surface area (Å²) in [6.45, 7) is 1.79. The molecule has 0 unspecified atom stereocenters. The summed E-state index contributed by atoms with van der Waals surface area (Å²) in [5.74, 6) is 0.410. The van der Waals surface area contributed by atoms with Gasteiger partial charge in [-0.2, -0.15) is 4.31 Å². The Kier molecular flexibility index (Phi) is 4.27. The zero-order valence-electron chi connectivity index (χ0n) is 11.4. The van der Waals surface area contributed by atoms with Crippen LogP contribution in [0.4, 0.5) is 10.1 Å². The van der Waals surface area contributed by atoms with Crippen molar-refractivity contribution in [3.63, 3.8) is 0 Å². The van der Waals surface area contributed by atoms with E-state index in [4.69, 9.17) is 21.8 Å². The molecule has 0 aliphatic rings. The maximum Gasteiger partial charge on any atom is 0.244 e. The summed E-state index contributed by atoms with van der Waals surface area (Å²) >= 11 is 5.81. The number of nitrogens with two attached hydrogens (primary N) is 1. The molecule has 0 saturated heterocycles. The third-order valence-electron chi connectivity index (χ3n) is 2.91. The Bertz CT molecular complexity index is 774. The number of anilines is 1. The van der Waals surface area contributed by atoms with E-state index in [1.165, 1.54) is 7.05 Å². The first-order valence-corrected chi connectivity index (χ1v) is 7.80. The van der Waals surface area contributed by atoms with E-state index < -0.39 is 15.8 Å². The molecule has 2 N–H and O–H groups in total. The first kappa shape index (κ1) is 15.8. The highest BCUT2D eigenvalue weighted by Crippen LogP contribution is 2.29. The standard InChI is InChI=1S/C13H14ClFN2O3S/c1-8-3-4-9(20-8)7-17(2)21(18,19)13-6-12(16)11(15)5-10(13)14/h3-6H,7,16H2,1-2H3. The van der Waals surface area contributed by atoms with E-state index in [2.05, 4.69) is 0 Å². The highest BCUT2D eigenvalue weighted by atomic mass is 35.5. The van der Waals surface area contributed by atoms with E-state index in [0.29, 0.717) is 11.5 Å². The molecule has 0 amide bonds. The minimum Gasteiger partial charge on any atom is -0.465 e. The topological polar surface area (TPSA) is 76.5 Å². The van der Waals surface area contributed by atoms with Crippen molar-refractivity contribution in [2.24, 2.45) is 0 Å². The van der Waals surface area contributed by atoms with Crippen LogP contribution in [-0.4, -0.2) is 19.8 Å². The molecule has 0 aliphatic heterocycles. The fourth-order valence-corrected chi connectivity index (χ4v) is 3.44. The number of halogens is 2. The van der Waals surface area contributed by atoms with Gasteiger partial charge in [0.05, 0.1) is 17.3 Å². The van der Waals surface area contributed by atoms with Crippen molar-refractivity contribution in [2.45, 2.75) is 18.4 Å². The van der Waals surface area contributed by atoms with Crippen molar-refractivity contribution in [1.82, 2.24) is 4.31 Å². The maximum absolute atomic E-state index is 13.3. The fourth-order valence-electron chi connectivity index (χ4n) is 1.78. The minimum absolute atomic E-state index is 0.0315. The number of sulfonamides is 1. The lowest BCUT2D eigenvalue weighted by Crippen LogP contribution is -2.26. The van der Waals surface area contributed by atoms with Gasteiger partial charge in [-0.15, -0.1) is 0 Å². The van der Waals surface area contributed by atoms with Crippen LogP contribution in [0.1, 0.15) is 11.5 Å². The van der Waals surface area contributed by atoms with Crippen molar-refractivity contribution >= 4 is 27.3 Å². The molecule has 0 atom stereocenters. The zero-order valence-corrected chi connectivity index (χ0v) is 13.0. The quantitative estimate of drug-likeness (QED) is 0.873. The van der Waals surface area contributed by atoms with Crippen LogP contribution >= 0.6 is 11.6 Å². The van der Waals surface area contributed by atoms with Crippen molar-refractivity contribution in [3.8, 4) is 0 Å². The summed E-state index contributed by atoms with van der Waals surface area (Å²) in [7, 11) is -2.53. The molecule has 0 radical (unpaired) electrons. The van der Waals surface area contributed by atoms with Gasteiger partial charge < -0.3 is 10.2 Å². The number of nitrogen functional groups attached to an aromatic ring is 1. The highest BCUT2D eigenvalue weighted by Gasteiger charge is 2.25. The lowest BCUT2D eigenvalue weighted by Gasteiger charge is -2.17. The van der Waals surface area contributed by atoms with Crippen molar-refractivity contribution in [3.05, 3.63) is 46.6 Å². The summed E-state index contributed by atoms with van der Waals surface area (Å²) < 4.78 is 44.6. The number of rotatable bonds is 4. The molecule has 2 rings (SSSR count). The van der Waals surface area contributed by atoms with Gasteiger partial charge in [-0.25, -0.2) is 12.8 Å². The number of hydrogen-bond acceptors (Lipinski definition) is 4. The summed E-state index contributed by atoms with van der Waals surface area (Å²) in [5.41, 5.74) is 5.13.